The first-order valence-corrected chi connectivity index (χ1v) is 9.16. The van der Waals surface area contributed by atoms with E-state index >= 15 is 0 Å². The molecule has 124 valence electrons. The first-order valence-electron chi connectivity index (χ1n) is 8.35. The molecule has 1 aliphatic rings. The number of amides is 1. The Labute approximate surface area is 145 Å². The van der Waals surface area contributed by atoms with Crippen LogP contribution in [0.3, 0.4) is 0 Å². The number of likely N-dealkylation sites (tertiary alicyclic amines) is 1. The van der Waals surface area contributed by atoms with Gasteiger partial charge in [0.05, 0.1) is 17.5 Å². The third-order valence-electron chi connectivity index (χ3n) is 4.78. The fourth-order valence-corrected chi connectivity index (χ4v) is 4.37. The van der Waals surface area contributed by atoms with E-state index in [9.17, 15) is 4.79 Å². The summed E-state index contributed by atoms with van der Waals surface area (Å²) < 4.78 is 5.28. The van der Waals surface area contributed by atoms with Crippen molar-refractivity contribution >= 4 is 38.4 Å². The summed E-state index contributed by atoms with van der Waals surface area (Å²) in [5.41, 5.74) is 0.926. The SMILES string of the molecule is COc1ccc2nc3sc(C(=O)N4CCCCC4C)cc3cc2c1. The number of pyridine rings is 1. The Morgan fingerprint density at radius 3 is 2.92 bits per heavy atom. The quantitative estimate of drug-likeness (QED) is 0.691. The molecule has 1 aromatic carbocycles. The average molecular weight is 340 g/mol. The van der Waals surface area contributed by atoms with Crippen molar-refractivity contribution in [2.45, 2.75) is 32.2 Å². The summed E-state index contributed by atoms with van der Waals surface area (Å²) in [6.45, 7) is 3.00. The normalized spacial score (nSPS) is 18.2. The summed E-state index contributed by atoms with van der Waals surface area (Å²) in [5, 5.41) is 2.05. The minimum atomic E-state index is 0.145. The molecule has 1 amide bonds. The molecule has 24 heavy (non-hydrogen) atoms. The van der Waals surface area contributed by atoms with Gasteiger partial charge in [-0.3, -0.25) is 4.79 Å². The van der Waals surface area contributed by atoms with E-state index in [0.717, 1.165) is 51.1 Å². The van der Waals surface area contributed by atoms with Crippen LogP contribution in [0.15, 0.2) is 30.3 Å². The van der Waals surface area contributed by atoms with Crippen molar-refractivity contribution in [2.75, 3.05) is 13.7 Å². The summed E-state index contributed by atoms with van der Waals surface area (Å²) in [7, 11) is 1.66. The van der Waals surface area contributed by atoms with Gasteiger partial charge in [0.15, 0.2) is 0 Å². The monoisotopic (exact) mass is 340 g/mol. The van der Waals surface area contributed by atoms with Crippen molar-refractivity contribution in [1.29, 1.82) is 0 Å². The maximum Gasteiger partial charge on any atom is 0.264 e. The van der Waals surface area contributed by atoms with Gasteiger partial charge < -0.3 is 9.64 Å². The van der Waals surface area contributed by atoms with Gasteiger partial charge in [0.2, 0.25) is 0 Å². The maximum absolute atomic E-state index is 12.9. The minimum absolute atomic E-state index is 0.145. The third kappa shape index (κ3) is 2.63. The van der Waals surface area contributed by atoms with Crippen molar-refractivity contribution < 1.29 is 9.53 Å². The number of hydrogen-bond donors (Lipinski definition) is 0. The second-order valence-electron chi connectivity index (χ2n) is 6.40. The van der Waals surface area contributed by atoms with Crippen LogP contribution in [0.2, 0.25) is 0 Å². The zero-order chi connectivity index (χ0) is 16.7. The van der Waals surface area contributed by atoms with Gasteiger partial charge in [0, 0.05) is 23.4 Å². The first-order chi connectivity index (χ1) is 11.7. The Morgan fingerprint density at radius 1 is 1.25 bits per heavy atom. The Bertz CT molecular complexity index is 918. The highest BCUT2D eigenvalue weighted by Gasteiger charge is 2.25. The van der Waals surface area contributed by atoms with Crippen LogP contribution in [-0.4, -0.2) is 35.5 Å². The number of piperidine rings is 1. The molecule has 1 aliphatic heterocycles. The van der Waals surface area contributed by atoms with Gasteiger partial charge in [-0.25, -0.2) is 4.98 Å². The van der Waals surface area contributed by atoms with Crippen molar-refractivity contribution in [3.63, 3.8) is 0 Å². The topological polar surface area (TPSA) is 42.4 Å². The number of aromatic nitrogens is 1. The molecule has 0 saturated carbocycles. The lowest BCUT2D eigenvalue weighted by atomic mass is 10.0. The van der Waals surface area contributed by atoms with E-state index < -0.39 is 0 Å². The molecule has 1 atom stereocenters. The molecule has 5 heteroatoms. The molecule has 2 aromatic heterocycles. The van der Waals surface area contributed by atoms with Crippen LogP contribution in [0.1, 0.15) is 35.9 Å². The standard InChI is InChI=1S/C19H20N2O2S/c1-12-5-3-4-8-21(12)19(22)17-11-14-9-13-10-15(23-2)6-7-16(13)20-18(14)24-17/h6-7,9-12H,3-5,8H2,1-2H3. The molecule has 1 saturated heterocycles. The number of methoxy groups -OCH3 is 1. The molecule has 4 nitrogen and oxygen atoms in total. The van der Waals surface area contributed by atoms with Crippen molar-refractivity contribution in [2.24, 2.45) is 0 Å². The molecule has 0 bridgehead atoms. The van der Waals surface area contributed by atoms with Crippen LogP contribution in [0.5, 0.6) is 5.75 Å². The molecule has 3 aromatic rings. The number of fused-ring (bicyclic) bond motifs is 2. The molecule has 0 aliphatic carbocycles. The van der Waals surface area contributed by atoms with E-state index in [-0.39, 0.29) is 5.91 Å². The smallest absolute Gasteiger partial charge is 0.264 e. The highest BCUT2D eigenvalue weighted by molar-refractivity contribution is 7.20. The molecule has 0 radical (unpaired) electrons. The largest absolute Gasteiger partial charge is 0.497 e. The number of ether oxygens (including phenoxy) is 1. The van der Waals surface area contributed by atoms with E-state index in [1.807, 2.05) is 29.2 Å². The lowest BCUT2D eigenvalue weighted by molar-refractivity contribution is 0.0641. The minimum Gasteiger partial charge on any atom is -0.497 e. The summed E-state index contributed by atoms with van der Waals surface area (Å²) in [5.74, 6) is 0.962. The second kappa shape index (κ2) is 6.06. The molecule has 0 spiro atoms. The van der Waals surface area contributed by atoms with E-state index in [1.165, 1.54) is 17.8 Å². The highest BCUT2D eigenvalue weighted by atomic mass is 32.1. The summed E-state index contributed by atoms with van der Waals surface area (Å²) in [6, 6.07) is 10.3. The molecule has 3 heterocycles. The molecule has 0 N–H and O–H groups in total. The summed E-state index contributed by atoms with van der Waals surface area (Å²) >= 11 is 1.49. The van der Waals surface area contributed by atoms with E-state index in [0.29, 0.717) is 6.04 Å². The van der Waals surface area contributed by atoms with Gasteiger partial charge >= 0.3 is 0 Å². The molecule has 1 unspecified atom stereocenters. The van der Waals surface area contributed by atoms with Gasteiger partial charge in [0.1, 0.15) is 10.6 Å². The Balaban J connectivity index is 1.74. The summed E-state index contributed by atoms with van der Waals surface area (Å²) in [4.78, 5) is 21.3. The highest BCUT2D eigenvalue weighted by Crippen LogP contribution is 2.31. The Hall–Kier alpha value is -2.14. The molecule has 4 rings (SSSR count). The van der Waals surface area contributed by atoms with Crippen LogP contribution < -0.4 is 4.74 Å². The lowest BCUT2D eigenvalue weighted by Gasteiger charge is -2.33. The number of rotatable bonds is 2. The number of nitrogens with zero attached hydrogens (tertiary/aromatic N) is 2. The van der Waals surface area contributed by atoms with Crippen LogP contribution in [-0.2, 0) is 0 Å². The van der Waals surface area contributed by atoms with Crippen molar-refractivity contribution in [3.05, 3.63) is 35.2 Å². The fourth-order valence-electron chi connectivity index (χ4n) is 3.39. The van der Waals surface area contributed by atoms with Crippen LogP contribution in [0.25, 0.3) is 21.1 Å². The zero-order valence-corrected chi connectivity index (χ0v) is 14.7. The number of hydrogen-bond acceptors (Lipinski definition) is 4. The number of carbonyl (C=O) groups is 1. The predicted molar refractivity (Wildman–Crippen MR) is 98.0 cm³/mol. The Kier molecular flexibility index (Phi) is 3.88. The molecule has 1 fully saturated rings. The number of thiophene rings is 1. The fraction of sp³-hybridized carbons (Fsp3) is 0.368. The number of benzene rings is 1. The maximum atomic E-state index is 12.9. The van der Waals surface area contributed by atoms with Crippen LogP contribution >= 0.6 is 11.3 Å². The Morgan fingerprint density at radius 2 is 2.12 bits per heavy atom. The van der Waals surface area contributed by atoms with Gasteiger partial charge in [-0.2, -0.15) is 0 Å². The number of carbonyl (C=O) groups excluding carboxylic acids is 1. The van der Waals surface area contributed by atoms with Gasteiger partial charge in [-0.15, -0.1) is 11.3 Å². The average Bonchev–Trinajstić information content (AvgIpc) is 3.01. The lowest BCUT2D eigenvalue weighted by Crippen LogP contribution is -2.41. The van der Waals surface area contributed by atoms with Gasteiger partial charge in [-0.05, 0) is 56.5 Å². The molecular weight excluding hydrogens is 320 g/mol. The van der Waals surface area contributed by atoms with E-state index in [2.05, 4.69) is 13.0 Å². The van der Waals surface area contributed by atoms with Gasteiger partial charge in [0.25, 0.3) is 5.91 Å². The molecular formula is C19H20N2O2S. The van der Waals surface area contributed by atoms with Crippen molar-refractivity contribution in [1.82, 2.24) is 9.88 Å². The summed E-state index contributed by atoms with van der Waals surface area (Å²) in [6.07, 6.45) is 3.41. The van der Waals surface area contributed by atoms with Gasteiger partial charge in [-0.1, -0.05) is 0 Å². The first kappa shape index (κ1) is 15.4. The second-order valence-corrected chi connectivity index (χ2v) is 7.43. The zero-order valence-electron chi connectivity index (χ0n) is 13.9. The predicted octanol–water partition coefficient (Wildman–Crippen LogP) is 4.47. The van der Waals surface area contributed by atoms with E-state index in [1.54, 1.807) is 7.11 Å². The third-order valence-corrected chi connectivity index (χ3v) is 5.82. The van der Waals surface area contributed by atoms with Crippen LogP contribution in [0.4, 0.5) is 0 Å². The van der Waals surface area contributed by atoms with Crippen molar-refractivity contribution in [3.8, 4) is 5.75 Å². The van der Waals surface area contributed by atoms with Crippen LogP contribution in [0, 0.1) is 0 Å². The van der Waals surface area contributed by atoms with E-state index in [4.69, 9.17) is 9.72 Å².